The largest absolute Gasteiger partial charge is 0.242 e. The lowest BCUT2D eigenvalue weighted by atomic mass is 9.87. The summed E-state index contributed by atoms with van der Waals surface area (Å²) in [5.41, 5.74) is 7.67. The number of benzene rings is 1. The van der Waals surface area contributed by atoms with Crippen molar-refractivity contribution in [3.8, 4) is 16.9 Å². The summed E-state index contributed by atoms with van der Waals surface area (Å²) in [5, 5.41) is 19.4. The molecule has 0 spiro atoms. The zero-order valence-electron chi connectivity index (χ0n) is 17.2. The lowest BCUT2D eigenvalue weighted by molar-refractivity contribution is 0.673. The van der Waals surface area contributed by atoms with E-state index >= 15 is 0 Å². The molecule has 1 aliphatic carbocycles. The maximum absolute atomic E-state index is 6.19. The normalized spacial score (nSPS) is 13.8. The van der Waals surface area contributed by atoms with Crippen molar-refractivity contribution in [1.29, 1.82) is 0 Å². The Morgan fingerprint density at radius 3 is 2.61 bits per heavy atom. The molecule has 5 aromatic rings. The maximum Gasteiger partial charge on any atom is 0.197 e. The van der Waals surface area contributed by atoms with E-state index in [1.165, 1.54) is 29.7 Å². The van der Waals surface area contributed by atoms with Crippen LogP contribution < -0.4 is 0 Å². The van der Waals surface area contributed by atoms with Crippen LogP contribution in [0.2, 0.25) is 5.02 Å². The summed E-state index contributed by atoms with van der Waals surface area (Å²) in [7, 11) is 0. The number of thiophene rings is 1. The highest BCUT2D eigenvalue weighted by Gasteiger charge is 2.25. The van der Waals surface area contributed by atoms with Crippen LogP contribution in [0.1, 0.15) is 35.5 Å². The van der Waals surface area contributed by atoms with Crippen LogP contribution in [0.4, 0.5) is 0 Å². The third-order valence-electron chi connectivity index (χ3n) is 5.92. The van der Waals surface area contributed by atoms with Gasteiger partial charge in [-0.05, 0) is 79.6 Å². The number of aromatic nitrogens is 6. The monoisotopic (exact) mass is 446 g/mol. The van der Waals surface area contributed by atoms with Crippen molar-refractivity contribution >= 4 is 43.4 Å². The Morgan fingerprint density at radius 1 is 1.03 bits per heavy atom. The Hall–Kier alpha value is -2.90. The van der Waals surface area contributed by atoms with Crippen molar-refractivity contribution in [2.24, 2.45) is 0 Å². The van der Waals surface area contributed by atoms with Gasteiger partial charge in [0.25, 0.3) is 0 Å². The van der Waals surface area contributed by atoms with E-state index in [0.717, 1.165) is 55.2 Å². The molecule has 6 rings (SSSR count). The van der Waals surface area contributed by atoms with E-state index in [0.29, 0.717) is 5.82 Å². The first-order valence-corrected chi connectivity index (χ1v) is 11.6. The fourth-order valence-corrected chi connectivity index (χ4v) is 5.82. The summed E-state index contributed by atoms with van der Waals surface area (Å²) in [4.78, 5) is 6.06. The lowest BCUT2D eigenvalue weighted by Crippen LogP contribution is -2.07. The number of hydrogen-bond donors (Lipinski definition) is 0. The third-order valence-corrected chi connectivity index (χ3v) is 7.24. The van der Waals surface area contributed by atoms with Crippen molar-refractivity contribution in [2.45, 2.75) is 39.5 Å². The second-order valence-corrected chi connectivity index (χ2v) is 9.47. The van der Waals surface area contributed by atoms with Gasteiger partial charge in [0.2, 0.25) is 0 Å². The fourth-order valence-electron chi connectivity index (χ4n) is 4.59. The van der Waals surface area contributed by atoms with Gasteiger partial charge in [-0.15, -0.1) is 21.5 Å². The topological polar surface area (TPSA) is 69.4 Å². The van der Waals surface area contributed by atoms with Crippen molar-refractivity contribution in [3.05, 3.63) is 58.0 Å². The molecule has 4 aromatic heterocycles. The smallest absolute Gasteiger partial charge is 0.197 e. The Kier molecular flexibility index (Phi) is 4.30. The van der Waals surface area contributed by atoms with Crippen molar-refractivity contribution in [2.75, 3.05) is 0 Å². The number of nitrogens with zero attached hydrogens (tertiary/aromatic N) is 6. The van der Waals surface area contributed by atoms with Gasteiger partial charge in [0.05, 0.1) is 5.69 Å². The molecule has 154 valence electrons. The summed E-state index contributed by atoms with van der Waals surface area (Å²) in [6, 6.07) is 10.1. The summed E-state index contributed by atoms with van der Waals surface area (Å²) in [5.74, 6) is 0.707. The fraction of sp³-hybridized carbons (Fsp3) is 0.261. The van der Waals surface area contributed by atoms with Gasteiger partial charge in [0.1, 0.15) is 15.0 Å². The lowest BCUT2D eigenvalue weighted by Gasteiger charge is -2.19. The van der Waals surface area contributed by atoms with E-state index < -0.39 is 0 Å². The molecule has 1 aromatic carbocycles. The summed E-state index contributed by atoms with van der Waals surface area (Å²) in [6.07, 6.45) is 4.38. The quantitative estimate of drug-likeness (QED) is 0.351. The van der Waals surface area contributed by atoms with E-state index in [-0.39, 0.29) is 0 Å². The predicted molar refractivity (Wildman–Crippen MR) is 124 cm³/mol. The zero-order chi connectivity index (χ0) is 21.1. The second-order valence-electron chi connectivity index (χ2n) is 8.04. The van der Waals surface area contributed by atoms with Crippen LogP contribution in [0.3, 0.4) is 0 Å². The number of rotatable bonds is 2. The molecule has 0 fully saturated rings. The molecule has 0 radical (unpaired) electrons. The van der Waals surface area contributed by atoms with Crippen LogP contribution in [0.15, 0.2) is 30.3 Å². The number of pyridine rings is 1. The first-order valence-electron chi connectivity index (χ1n) is 10.4. The van der Waals surface area contributed by atoms with Gasteiger partial charge in [-0.25, -0.2) is 9.67 Å². The Balaban J connectivity index is 1.73. The molecule has 0 saturated carbocycles. The standard InChI is InChI=1S/C23H19ClN6S/c1-12-11-13(2)30(28-12)22-21-20(26-29-27-22)19-18(14-7-9-15(24)10-8-14)16-5-3-4-6-17(16)25-23(19)31-21/h7-11H,3-6H2,1-2H3. The number of aryl methyl sites for hydroxylation is 3. The van der Waals surface area contributed by atoms with Gasteiger partial charge < -0.3 is 0 Å². The van der Waals surface area contributed by atoms with E-state index in [1.54, 1.807) is 11.3 Å². The third kappa shape index (κ3) is 2.95. The molecular weight excluding hydrogens is 428 g/mol. The number of hydrogen-bond acceptors (Lipinski definition) is 6. The first kappa shape index (κ1) is 18.8. The highest BCUT2D eigenvalue weighted by atomic mass is 35.5. The summed E-state index contributed by atoms with van der Waals surface area (Å²) in [6.45, 7) is 4.01. The molecule has 0 saturated heterocycles. The van der Waals surface area contributed by atoms with Crippen LogP contribution in [-0.4, -0.2) is 30.2 Å². The van der Waals surface area contributed by atoms with E-state index in [4.69, 9.17) is 16.6 Å². The summed E-state index contributed by atoms with van der Waals surface area (Å²) >= 11 is 7.81. The van der Waals surface area contributed by atoms with Gasteiger partial charge in [-0.3, -0.25) is 0 Å². The van der Waals surface area contributed by atoms with Gasteiger partial charge in [0.15, 0.2) is 5.82 Å². The van der Waals surface area contributed by atoms with Gasteiger partial charge in [-0.1, -0.05) is 23.7 Å². The van der Waals surface area contributed by atoms with Crippen LogP contribution in [0, 0.1) is 13.8 Å². The van der Waals surface area contributed by atoms with E-state index in [1.807, 2.05) is 36.7 Å². The average Bonchev–Trinajstić information content (AvgIpc) is 3.31. The minimum absolute atomic E-state index is 0.707. The van der Waals surface area contributed by atoms with E-state index in [9.17, 15) is 0 Å². The molecule has 0 amide bonds. The van der Waals surface area contributed by atoms with Gasteiger partial charge in [-0.2, -0.15) is 5.10 Å². The molecule has 6 nitrogen and oxygen atoms in total. The van der Waals surface area contributed by atoms with Crippen molar-refractivity contribution in [3.63, 3.8) is 0 Å². The minimum atomic E-state index is 0.707. The Labute approximate surface area is 187 Å². The highest BCUT2D eigenvalue weighted by molar-refractivity contribution is 7.25. The SMILES string of the molecule is Cc1cc(C)n(-c2nnnc3c2sc2nc4c(c(-c5ccc(Cl)cc5)c23)CCCC4)n1. The molecule has 1 aliphatic rings. The second kappa shape index (κ2) is 7.07. The molecule has 4 heterocycles. The average molecular weight is 447 g/mol. The van der Waals surface area contributed by atoms with Gasteiger partial charge in [0, 0.05) is 21.8 Å². The predicted octanol–water partition coefficient (Wildman–Crippen LogP) is 5.64. The molecule has 0 bridgehead atoms. The Bertz CT molecular complexity index is 1470. The molecular formula is C23H19ClN6S. The molecule has 0 unspecified atom stereocenters. The number of halogens is 1. The zero-order valence-corrected chi connectivity index (χ0v) is 18.8. The molecule has 0 atom stereocenters. The molecule has 8 heteroatoms. The van der Waals surface area contributed by atoms with Crippen LogP contribution in [0.25, 0.3) is 37.4 Å². The Morgan fingerprint density at radius 2 is 1.84 bits per heavy atom. The van der Waals surface area contributed by atoms with Crippen LogP contribution in [0.5, 0.6) is 0 Å². The first-order chi connectivity index (χ1) is 15.1. The maximum atomic E-state index is 6.19. The summed E-state index contributed by atoms with van der Waals surface area (Å²) < 4.78 is 2.81. The van der Waals surface area contributed by atoms with E-state index in [2.05, 4.69) is 32.6 Å². The van der Waals surface area contributed by atoms with Crippen molar-refractivity contribution < 1.29 is 0 Å². The molecule has 0 aliphatic heterocycles. The number of fused-ring (bicyclic) bond motifs is 4. The van der Waals surface area contributed by atoms with Gasteiger partial charge >= 0.3 is 0 Å². The highest BCUT2D eigenvalue weighted by Crippen LogP contribution is 2.43. The minimum Gasteiger partial charge on any atom is -0.242 e. The molecule has 0 N–H and O–H groups in total. The van der Waals surface area contributed by atoms with Crippen LogP contribution >= 0.6 is 22.9 Å². The van der Waals surface area contributed by atoms with Crippen molar-refractivity contribution in [1.82, 2.24) is 30.2 Å². The molecule has 31 heavy (non-hydrogen) atoms. The van der Waals surface area contributed by atoms with Crippen LogP contribution in [-0.2, 0) is 12.8 Å².